The molecule has 5 heteroatoms. The fraction of sp³-hybridized carbons (Fsp3) is 0.545. The SMILES string of the molecule is Cc1cnc(CNC(=O)C(C#N)C(C)C)o1. The van der Waals surface area contributed by atoms with Crippen molar-refractivity contribution < 1.29 is 9.21 Å². The first-order valence-electron chi connectivity index (χ1n) is 5.13. The van der Waals surface area contributed by atoms with Gasteiger partial charge in [-0.2, -0.15) is 5.26 Å². The highest BCUT2D eigenvalue weighted by atomic mass is 16.4. The predicted molar refractivity (Wildman–Crippen MR) is 57.0 cm³/mol. The van der Waals surface area contributed by atoms with Gasteiger partial charge >= 0.3 is 0 Å². The number of hydrogen-bond donors (Lipinski definition) is 1. The van der Waals surface area contributed by atoms with E-state index >= 15 is 0 Å². The molecule has 1 aromatic rings. The summed E-state index contributed by atoms with van der Waals surface area (Å²) in [5.41, 5.74) is 0. The van der Waals surface area contributed by atoms with Crippen LogP contribution in [0.1, 0.15) is 25.5 Å². The molecule has 0 aliphatic heterocycles. The van der Waals surface area contributed by atoms with E-state index in [-0.39, 0.29) is 18.4 Å². The van der Waals surface area contributed by atoms with Crippen LogP contribution in [0.25, 0.3) is 0 Å². The smallest absolute Gasteiger partial charge is 0.238 e. The van der Waals surface area contributed by atoms with Crippen molar-refractivity contribution in [2.75, 3.05) is 0 Å². The van der Waals surface area contributed by atoms with Gasteiger partial charge in [-0.1, -0.05) is 13.8 Å². The van der Waals surface area contributed by atoms with Crippen LogP contribution in [0.15, 0.2) is 10.6 Å². The van der Waals surface area contributed by atoms with Crippen molar-refractivity contribution >= 4 is 5.91 Å². The fourth-order valence-corrected chi connectivity index (χ4v) is 1.27. The largest absolute Gasteiger partial charge is 0.444 e. The first-order chi connectivity index (χ1) is 7.54. The molecule has 1 atom stereocenters. The van der Waals surface area contributed by atoms with Gasteiger partial charge in [-0.15, -0.1) is 0 Å². The Kier molecular flexibility index (Phi) is 4.06. The lowest BCUT2D eigenvalue weighted by Crippen LogP contribution is -2.32. The molecule has 0 radical (unpaired) electrons. The van der Waals surface area contributed by atoms with Crippen LogP contribution in [0.4, 0.5) is 0 Å². The Hall–Kier alpha value is -1.83. The molecule has 1 rings (SSSR count). The zero-order valence-corrected chi connectivity index (χ0v) is 9.65. The molecule has 0 aliphatic rings. The average Bonchev–Trinajstić information content (AvgIpc) is 2.62. The number of nitrogens with one attached hydrogen (secondary N) is 1. The van der Waals surface area contributed by atoms with Crippen LogP contribution in [0.3, 0.4) is 0 Å². The van der Waals surface area contributed by atoms with E-state index in [1.165, 1.54) is 0 Å². The van der Waals surface area contributed by atoms with Gasteiger partial charge in [0.25, 0.3) is 0 Å². The third-order valence-electron chi connectivity index (χ3n) is 2.17. The maximum atomic E-state index is 11.6. The van der Waals surface area contributed by atoms with E-state index in [1.807, 2.05) is 19.9 Å². The molecule has 0 aromatic carbocycles. The van der Waals surface area contributed by atoms with Gasteiger partial charge in [0.15, 0.2) is 0 Å². The molecule has 0 aliphatic carbocycles. The van der Waals surface area contributed by atoms with Gasteiger partial charge in [-0.25, -0.2) is 4.98 Å². The Morgan fingerprint density at radius 1 is 1.69 bits per heavy atom. The van der Waals surface area contributed by atoms with Crippen molar-refractivity contribution in [1.82, 2.24) is 10.3 Å². The Balaban J connectivity index is 2.50. The van der Waals surface area contributed by atoms with E-state index in [2.05, 4.69) is 10.3 Å². The van der Waals surface area contributed by atoms with Crippen LogP contribution >= 0.6 is 0 Å². The molecule has 1 unspecified atom stereocenters. The van der Waals surface area contributed by atoms with Crippen molar-refractivity contribution in [2.45, 2.75) is 27.3 Å². The van der Waals surface area contributed by atoms with Crippen LogP contribution < -0.4 is 5.32 Å². The quantitative estimate of drug-likeness (QED) is 0.833. The minimum absolute atomic E-state index is 0.00343. The number of oxazole rings is 1. The van der Waals surface area contributed by atoms with Crippen molar-refractivity contribution in [2.24, 2.45) is 11.8 Å². The standard InChI is InChI=1S/C11H15N3O2/c1-7(2)9(4-12)11(15)14-6-10-13-5-8(3)16-10/h5,7,9H,6H2,1-3H3,(H,14,15). The molecule has 86 valence electrons. The number of aromatic nitrogens is 1. The summed E-state index contributed by atoms with van der Waals surface area (Å²) in [6.07, 6.45) is 1.59. The van der Waals surface area contributed by atoms with Gasteiger partial charge in [0.05, 0.1) is 18.8 Å². The van der Waals surface area contributed by atoms with E-state index in [0.29, 0.717) is 11.7 Å². The second-order valence-corrected chi connectivity index (χ2v) is 3.93. The second-order valence-electron chi connectivity index (χ2n) is 3.93. The van der Waals surface area contributed by atoms with Gasteiger partial charge in [0.1, 0.15) is 11.7 Å². The average molecular weight is 221 g/mol. The lowest BCUT2D eigenvalue weighted by Gasteiger charge is -2.11. The molecule has 0 spiro atoms. The zero-order chi connectivity index (χ0) is 12.1. The highest BCUT2D eigenvalue weighted by Gasteiger charge is 2.21. The summed E-state index contributed by atoms with van der Waals surface area (Å²) in [4.78, 5) is 15.5. The summed E-state index contributed by atoms with van der Waals surface area (Å²) in [5.74, 6) is 0.233. The van der Waals surface area contributed by atoms with E-state index in [0.717, 1.165) is 0 Å². The normalized spacial score (nSPS) is 12.2. The molecule has 0 saturated heterocycles. The lowest BCUT2D eigenvalue weighted by atomic mass is 9.97. The van der Waals surface area contributed by atoms with Crippen molar-refractivity contribution in [3.05, 3.63) is 17.8 Å². The molecule has 1 aromatic heterocycles. The first kappa shape index (κ1) is 12.2. The molecule has 0 saturated carbocycles. The zero-order valence-electron chi connectivity index (χ0n) is 9.65. The van der Waals surface area contributed by atoms with E-state index in [9.17, 15) is 4.79 Å². The minimum atomic E-state index is -0.629. The van der Waals surface area contributed by atoms with Gasteiger partial charge in [0.2, 0.25) is 11.8 Å². The van der Waals surface area contributed by atoms with Gasteiger partial charge in [0, 0.05) is 0 Å². The van der Waals surface area contributed by atoms with Crippen molar-refractivity contribution in [3.8, 4) is 6.07 Å². The van der Waals surface area contributed by atoms with Crippen LogP contribution in [0.5, 0.6) is 0 Å². The van der Waals surface area contributed by atoms with Gasteiger partial charge in [-0.05, 0) is 12.8 Å². The number of carbonyl (C=O) groups excluding carboxylic acids is 1. The van der Waals surface area contributed by atoms with Crippen LogP contribution in [-0.4, -0.2) is 10.9 Å². The second kappa shape index (κ2) is 5.31. The van der Waals surface area contributed by atoms with Crippen LogP contribution in [0, 0.1) is 30.1 Å². The molecule has 0 fully saturated rings. The summed E-state index contributed by atoms with van der Waals surface area (Å²) < 4.78 is 5.20. The summed E-state index contributed by atoms with van der Waals surface area (Å²) in [7, 11) is 0. The van der Waals surface area contributed by atoms with Crippen LogP contribution in [0.2, 0.25) is 0 Å². The number of carbonyl (C=O) groups is 1. The number of nitriles is 1. The topological polar surface area (TPSA) is 78.9 Å². The highest BCUT2D eigenvalue weighted by molar-refractivity contribution is 5.81. The molecule has 1 heterocycles. The summed E-state index contributed by atoms with van der Waals surface area (Å²) in [5, 5.41) is 11.4. The predicted octanol–water partition coefficient (Wildman–Crippen LogP) is 1.39. The van der Waals surface area contributed by atoms with E-state index < -0.39 is 5.92 Å². The Bertz CT molecular complexity index is 404. The summed E-state index contributed by atoms with van der Waals surface area (Å²) in [6, 6.07) is 1.98. The monoisotopic (exact) mass is 221 g/mol. The lowest BCUT2D eigenvalue weighted by molar-refractivity contribution is -0.124. The molecule has 1 N–H and O–H groups in total. The molecular weight excluding hydrogens is 206 g/mol. The van der Waals surface area contributed by atoms with Gasteiger partial charge in [-0.3, -0.25) is 4.79 Å². The number of nitrogens with zero attached hydrogens (tertiary/aromatic N) is 2. The Morgan fingerprint density at radius 3 is 2.81 bits per heavy atom. The Labute approximate surface area is 94.5 Å². The van der Waals surface area contributed by atoms with E-state index in [1.54, 1.807) is 13.1 Å². The highest BCUT2D eigenvalue weighted by Crippen LogP contribution is 2.09. The molecule has 1 amide bonds. The number of aryl methyl sites for hydroxylation is 1. The van der Waals surface area contributed by atoms with Gasteiger partial charge < -0.3 is 9.73 Å². The van der Waals surface area contributed by atoms with E-state index in [4.69, 9.17) is 9.68 Å². The first-order valence-corrected chi connectivity index (χ1v) is 5.13. The molecular formula is C11H15N3O2. The number of rotatable bonds is 4. The minimum Gasteiger partial charge on any atom is -0.444 e. The summed E-state index contributed by atoms with van der Waals surface area (Å²) in [6.45, 7) is 5.67. The van der Waals surface area contributed by atoms with Crippen molar-refractivity contribution in [1.29, 1.82) is 5.26 Å². The number of hydrogen-bond acceptors (Lipinski definition) is 4. The maximum Gasteiger partial charge on any atom is 0.238 e. The molecule has 16 heavy (non-hydrogen) atoms. The number of amides is 1. The summed E-state index contributed by atoms with van der Waals surface area (Å²) >= 11 is 0. The van der Waals surface area contributed by atoms with Crippen LogP contribution in [-0.2, 0) is 11.3 Å². The molecule has 5 nitrogen and oxygen atoms in total. The van der Waals surface area contributed by atoms with Crippen molar-refractivity contribution in [3.63, 3.8) is 0 Å². The third kappa shape index (κ3) is 3.09. The Morgan fingerprint density at radius 2 is 2.38 bits per heavy atom. The fourth-order valence-electron chi connectivity index (χ4n) is 1.27. The third-order valence-corrected chi connectivity index (χ3v) is 2.17. The maximum absolute atomic E-state index is 11.6. The molecule has 0 bridgehead atoms.